The highest BCUT2D eigenvalue weighted by Gasteiger charge is 2.17. The fourth-order valence-electron chi connectivity index (χ4n) is 3.03. The Hall–Kier alpha value is -4.26. The van der Waals surface area contributed by atoms with Gasteiger partial charge in [0.1, 0.15) is 11.5 Å². The van der Waals surface area contributed by atoms with Gasteiger partial charge in [0, 0.05) is 35.4 Å². The summed E-state index contributed by atoms with van der Waals surface area (Å²) in [5.41, 5.74) is 3.12. The van der Waals surface area contributed by atoms with Gasteiger partial charge in [-0.1, -0.05) is 0 Å². The van der Waals surface area contributed by atoms with E-state index in [1.165, 1.54) is 0 Å². The van der Waals surface area contributed by atoms with E-state index in [-0.39, 0.29) is 5.91 Å². The van der Waals surface area contributed by atoms with Crippen LogP contribution in [0.2, 0.25) is 0 Å². The summed E-state index contributed by atoms with van der Waals surface area (Å²) in [6, 6.07) is 18.2. The van der Waals surface area contributed by atoms with Gasteiger partial charge in [-0.15, -0.1) is 0 Å². The molecule has 2 aromatic carbocycles. The largest absolute Gasteiger partial charge is 0.497 e. The number of benzene rings is 2. The molecule has 0 saturated heterocycles. The van der Waals surface area contributed by atoms with Crippen molar-refractivity contribution in [1.82, 2.24) is 15.0 Å². The van der Waals surface area contributed by atoms with Crippen molar-refractivity contribution in [3.8, 4) is 34.1 Å². The van der Waals surface area contributed by atoms with Gasteiger partial charge in [0.25, 0.3) is 5.91 Å². The average Bonchev–Trinajstić information content (AvgIpc) is 2.84. The molecule has 0 aliphatic carbocycles. The van der Waals surface area contributed by atoms with Crippen LogP contribution in [0.1, 0.15) is 10.4 Å². The molecular formula is C24H20N4O3. The van der Waals surface area contributed by atoms with E-state index in [2.05, 4.69) is 15.3 Å². The molecule has 4 aromatic rings. The molecule has 1 amide bonds. The van der Waals surface area contributed by atoms with Crippen LogP contribution >= 0.6 is 0 Å². The number of hydrogen-bond acceptors (Lipinski definition) is 6. The minimum atomic E-state index is -0.307. The van der Waals surface area contributed by atoms with Gasteiger partial charge in [0.15, 0.2) is 5.82 Å². The van der Waals surface area contributed by atoms with Crippen molar-refractivity contribution in [2.45, 2.75) is 0 Å². The highest BCUT2D eigenvalue weighted by atomic mass is 16.5. The number of nitrogens with zero attached hydrogens (tertiary/aromatic N) is 3. The molecule has 1 N–H and O–H groups in total. The molecule has 0 unspecified atom stereocenters. The van der Waals surface area contributed by atoms with E-state index in [9.17, 15) is 4.79 Å². The number of carbonyl (C=O) groups is 1. The predicted octanol–water partition coefficient (Wildman–Crippen LogP) is 4.48. The molecule has 31 heavy (non-hydrogen) atoms. The summed E-state index contributed by atoms with van der Waals surface area (Å²) in [6.45, 7) is 0. The minimum absolute atomic E-state index is 0.307. The van der Waals surface area contributed by atoms with E-state index in [1.807, 2.05) is 36.4 Å². The Morgan fingerprint density at radius 1 is 0.806 bits per heavy atom. The first kappa shape index (κ1) is 20.0. The molecule has 0 fully saturated rings. The standard InChI is InChI=1S/C24H20N4O3/c1-30-19-7-3-17(4-8-19)23-26-15-21(22(28-23)16-11-13-25-14-12-16)24(29)27-18-5-9-20(31-2)10-6-18/h3-15H,1-2H3,(H,27,29). The Balaban J connectivity index is 1.71. The van der Waals surface area contributed by atoms with Crippen molar-refractivity contribution in [2.75, 3.05) is 19.5 Å². The summed E-state index contributed by atoms with van der Waals surface area (Å²) in [5.74, 6) is 1.66. The summed E-state index contributed by atoms with van der Waals surface area (Å²) in [5, 5.41) is 2.89. The molecule has 7 heteroatoms. The topological polar surface area (TPSA) is 86.2 Å². The second-order valence-corrected chi connectivity index (χ2v) is 6.60. The van der Waals surface area contributed by atoms with Gasteiger partial charge in [0.2, 0.25) is 0 Å². The van der Waals surface area contributed by atoms with Crippen molar-refractivity contribution in [2.24, 2.45) is 0 Å². The Bertz CT molecular complexity index is 1180. The van der Waals surface area contributed by atoms with Crippen LogP contribution in [0.5, 0.6) is 11.5 Å². The minimum Gasteiger partial charge on any atom is -0.497 e. The van der Waals surface area contributed by atoms with Gasteiger partial charge in [0.05, 0.1) is 25.5 Å². The molecule has 0 aliphatic heterocycles. The molecule has 2 heterocycles. The van der Waals surface area contributed by atoms with Crippen molar-refractivity contribution >= 4 is 11.6 Å². The monoisotopic (exact) mass is 412 g/mol. The molecule has 0 atom stereocenters. The molecule has 0 radical (unpaired) electrons. The zero-order valence-electron chi connectivity index (χ0n) is 17.1. The maximum absolute atomic E-state index is 13.0. The molecule has 0 saturated carbocycles. The van der Waals surface area contributed by atoms with Crippen LogP contribution in [0.25, 0.3) is 22.6 Å². The highest BCUT2D eigenvalue weighted by molar-refractivity contribution is 6.08. The zero-order chi connectivity index (χ0) is 21.6. The van der Waals surface area contributed by atoms with E-state index < -0.39 is 0 Å². The molecule has 0 aliphatic rings. The van der Waals surface area contributed by atoms with E-state index in [0.717, 1.165) is 16.9 Å². The van der Waals surface area contributed by atoms with Gasteiger partial charge < -0.3 is 14.8 Å². The van der Waals surface area contributed by atoms with Gasteiger partial charge >= 0.3 is 0 Å². The summed E-state index contributed by atoms with van der Waals surface area (Å²) in [6.07, 6.45) is 4.87. The van der Waals surface area contributed by atoms with Crippen molar-refractivity contribution in [3.05, 3.63) is 84.8 Å². The Morgan fingerprint density at radius 3 is 2.03 bits per heavy atom. The average molecular weight is 412 g/mol. The van der Waals surface area contributed by atoms with Crippen LogP contribution in [-0.4, -0.2) is 35.1 Å². The van der Waals surface area contributed by atoms with Gasteiger partial charge in [-0.3, -0.25) is 9.78 Å². The van der Waals surface area contributed by atoms with Crippen LogP contribution < -0.4 is 14.8 Å². The number of carbonyl (C=O) groups excluding carboxylic acids is 1. The molecule has 0 bridgehead atoms. The third kappa shape index (κ3) is 4.51. The fraction of sp³-hybridized carbons (Fsp3) is 0.0833. The molecule has 2 aromatic heterocycles. The van der Waals surface area contributed by atoms with Crippen LogP contribution in [-0.2, 0) is 0 Å². The summed E-state index contributed by atoms with van der Waals surface area (Å²) < 4.78 is 10.4. The Labute approximate surface area is 179 Å². The molecule has 154 valence electrons. The van der Waals surface area contributed by atoms with Crippen molar-refractivity contribution < 1.29 is 14.3 Å². The number of methoxy groups -OCH3 is 2. The maximum atomic E-state index is 13.0. The molecule has 0 spiro atoms. The second kappa shape index (κ2) is 9.04. The SMILES string of the molecule is COc1ccc(NC(=O)c2cnc(-c3ccc(OC)cc3)nc2-c2ccncc2)cc1. The number of anilines is 1. The lowest BCUT2D eigenvalue weighted by Gasteiger charge is -2.12. The first-order valence-corrected chi connectivity index (χ1v) is 9.55. The van der Waals surface area contributed by atoms with E-state index >= 15 is 0 Å². The number of nitrogens with one attached hydrogen (secondary N) is 1. The Morgan fingerprint density at radius 2 is 1.42 bits per heavy atom. The number of ether oxygens (including phenoxy) is 2. The number of aromatic nitrogens is 3. The van der Waals surface area contributed by atoms with Gasteiger partial charge in [-0.2, -0.15) is 0 Å². The third-order valence-corrected chi connectivity index (χ3v) is 4.68. The van der Waals surface area contributed by atoms with Crippen LogP contribution in [0.4, 0.5) is 5.69 Å². The lowest BCUT2D eigenvalue weighted by Crippen LogP contribution is -2.15. The van der Waals surface area contributed by atoms with Crippen LogP contribution in [0, 0.1) is 0 Å². The fourth-order valence-corrected chi connectivity index (χ4v) is 3.03. The predicted molar refractivity (Wildman–Crippen MR) is 118 cm³/mol. The highest BCUT2D eigenvalue weighted by Crippen LogP contribution is 2.26. The van der Waals surface area contributed by atoms with Crippen molar-refractivity contribution in [1.29, 1.82) is 0 Å². The van der Waals surface area contributed by atoms with Crippen LogP contribution in [0.3, 0.4) is 0 Å². The summed E-state index contributed by atoms with van der Waals surface area (Å²) >= 11 is 0. The lowest BCUT2D eigenvalue weighted by molar-refractivity contribution is 0.102. The number of pyridine rings is 1. The zero-order valence-corrected chi connectivity index (χ0v) is 17.1. The summed E-state index contributed by atoms with van der Waals surface area (Å²) in [7, 11) is 3.21. The molecule has 7 nitrogen and oxygen atoms in total. The van der Waals surface area contributed by atoms with E-state index in [0.29, 0.717) is 28.5 Å². The van der Waals surface area contributed by atoms with E-state index in [1.54, 1.807) is 57.1 Å². The normalized spacial score (nSPS) is 10.4. The smallest absolute Gasteiger partial charge is 0.259 e. The van der Waals surface area contributed by atoms with Gasteiger partial charge in [-0.25, -0.2) is 9.97 Å². The second-order valence-electron chi connectivity index (χ2n) is 6.60. The maximum Gasteiger partial charge on any atom is 0.259 e. The van der Waals surface area contributed by atoms with Gasteiger partial charge in [-0.05, 0) is 60.7 Å². The number of hydrogen-bond donors (Lipinski definition) is 1. The quantitative estimate of drug-likeness (QED) is 0.503. The van der Waals surface area contributed by atoms with Crippen LogP contribution in [0.15, 0.2) is 79.3 Å². The first-order valence-electron chi connectivity index (χ1n) is 9.55. The number of rotatable bonds is 6. The molecule has 4 rings (SSSR count). The third-order valence-electron chi connectivity index (χ3n) is 4.68. The van der Waals surface area contributed by atoms with Crippen molar-refractivity contribution in [3.63, 3.8) is 0 Å². The molecular weight excluding hydrogens is 392 g/mol. The summed E-state index contributed by atoms with van der Waals surface area (Å²) in [4.78, 5) is 26.2. The Kier molecular flexibility index (Phi) is 5.84. The lowest BCUT2D eigenvalue weighted by atomic mass is 10.1. The first-order chi connectivity index (χ1) is 15.2. The van der Waals surface area contributed by atoms with E-state index in [4.69, 9.17) is 14.5 Å². The number of amides is 1.